The third kappa shape index (κ3) is 4.19. The average Bonchev–Trinajstić information content (AvgIpc) is 3.26. The van der Waals surface area contributed by atoms with Crippen molar-refractivity contribution >= 4 is 21.7 Å². The second-order valence-corrected chi connectivity index (χ2v) is 10.8. The highest BCUT2D eigenvalue weighted by molar-refractivity contribution is 7.92. The Labute approximate surface area is 171 Å². The predicted molar refractivity (Wildman–Crippen MR) is 110 cm³/mol. The second-order valence-electron chi connectivity index (χ2n) is 8.55. The summed E-state index contributed by atoms with van der Waals surface area (Å²) in [6.07, 6.45) is 6.83. The van der Waals surface area contributed by atoms with Gasteiger partial charge in [0.15, 0.2) is 15.1 Å². The molecule has 0 aromatic heterocycles. The maximum Gasteiger partial charge on any atom is 0.251 e. The van der Waals surface area contributed by atoms with Crippen molar-refractivity contribution in [1.29, 1.82) is 0 Å². The number of nitrogens with two attached hydrogens (primary N) is 1. The van der Waals surface area contributed by atoms with Crippen molar-refractivity contribution in [1.82, 2.24) is 10.2 Å². The van der Waals surface area contributed by atoms with E-state index in [0.29, 0.717) is 5.56 Å². The molecule has 29 heavy (non-hydrogen) atoms. The number of carbonyl (C=O) groups excluding carboxylic acids is 2. The molecule has 0 spiro atoms. The number of benzene rings is 1. The highest BCUT2D eigenvalue weighted by Crippen LogP contribution is 2.49. The first-order valence-electron chi connectivity index (χ1n) is 10.3. The van der Waals surface area contributed by atoms with Crippen LogP contribution in [0.15, 0.2) is 24.3 Å². The van der Waals surface area contributed by atoms with Crippen LogP contribution in [0.2, 0.25) is 0 Å². The summed E-state index contributed by atoms with van der Waals surface area (Å²) >= 11 is 0. The van der Waals surface area contributed by atoms with Crippen molar-refractivity contribution in [3.05, 3.63) is 41.8 Å². The van der Waals surface area contributed by atoms with Gasteiger partial charge in [-0.25, -0.2) is 8.42 Å². The molecule has 3 aliphatic rings. The lowest BCUT2D eigenvalue weighted by molar-refractivity contribution is -0.117. The summed E-state index contributed by atoms with van der Waals surface area (Å²) in [6, 6.07) is 6.68. The monoisotopic (exact) mass is 418 g/mol. The van der Waals surface area contributed by atoms with Gasteiger partial charge in [-0.2, -0.15) is 0 Å². The predicted octanol–water partition coefficient (Wildman–Crippen LogP) is 0.789. The van der Waals surface area contributed by atoms with Crippen LogP contribution in [0.25, 0.3) is 0 Å². The van der Waals surface area contributed by atoms with Gasteiger partial charge in [-0.3, -0.25) is 9.59 Å². The smallest absolute Gasteiger partial charge is 0.251 e. The molecule has 4 rings (SSSR count). The summed E-state index contributed by atoms with van der Waals surface area (Å²) in [5, 5.41) is 1.26. The summed E-state index contributed by atoms with van der Waals surface area (Å²) in [5.74, 6) is -1.45. The summed E-state index contributed by atoms with van der Waals surface area (Å²) in [5.41, 5.74) is 7.21. The maximum absolute atomic E-state index is 12.7. The number of carbonyl (C=O) groups is 2. The Morgan fingerprint density at radius 3 is 2.38 bits per heavy atom. The average molecular weight is 419 g/mol. The van der Waals surface area contributed by atoms with Crippen molar-refractivity contribution in [2.45, 2.75) is 48.8 Å². The van der Waals surface area contributed by atoms with Crippen molar-refractivity contribution < 1.29 is 18.0 Å². The van der Waals surface area contributed by atoms with Crippen LogP contribution in [0, 0.1) is 6.42 Å². The molecule has 2 atom stereocenters. The molecule has 157 valence electrons. The minimum atomic E-state index is -3.65. The fourth-order valence-electron chi connectivity index (χ4n) is 4.64. The van der Waals surface area contributed by atoms with Gasteiger partial charge in [0.25, 0.3) is 5.91 Å². The number of hydrogen-bond acceptors (Lipinski definition) is 5. The first-order valence-corrected chi connectivity index (χ1v) is 12.0. The fourth-order valence-corrected chi connectivity index (χ4v) is 6.34. The molecule has 3 fully saturated rings. The topological polar surface area (TPSA) is 110 Å². The molecule has 1 aliphatic carbocycles. The van der Waals surface area contributed by atoms with Crippen LogP contribution in [-0.4, -0.2) is 61.8 Å². The number of amides is 2. The van der Waals surface area contributed by atoms with Crippen LogP contribution in [-0.2, 0) is 20.0 Å². The molecule has 2 unspecified atom stereocenters. The molecule has 1 radical (unpaired) electrons. The largest absolute Gasteiger partial charge is 0.368 e. The molecule has 2 heterocycles. The number of rotatable bonds is 6. The van der Waals surface area contributed by atoms with E-state index in [-0.39, 0.29) is 17.6 Å². The minimum Gasteiger partial charge on any atom is -0.368 e. The van der Waals surface area contributed by atoms with Gasteiger partial charge in [0.1, 0.15) is 0 Å². The zero-order chi connectivity index (χ0) is 20.6. The highest BCUT2D eigenvalue weighted by atomic mass is 32.2. The van der Waals surface area contributed by atoms with Gasteiger partial charge < -0.3 is 16.0 Å². The van der Waals surface area contributed by atoms with E-state index in [1.807, 2.05) is 12.1 Å². The summed E-state index contributed by atoms with van der Waals surface area (Å²) in [4.78, 5) is 26.9. The number of hydrogen-bond donors (Lipinski definition) is 2. The molecule has 0 bridgehead atoms. The van der Waals surface area contributed by atoms with Crippen LogP contribution in [0.1, 0.15) is 48.0 Å². The van der Waals surface area contributed by atoms with E-state index in [4.69, 9.17) is 5.73 Å². The van der Waals surface area contributed by atoms with Crippen LogP contribution < -0.4 is 11.1 Å². The molecule has 7 nitrogen and oxygen atoms in total. The number of primary amides is 1. The molecule has 3 N–H and O–H groups in total. The standard InChI is InChI=1S/C21H28N3O4S/c22-19(25)18-17(4-3-13-29(18,27)28)23-20(26)15-5-7-16(8-6-15)21(9-10-21)14-24-11-1-2-12-24/h4-8,17-18H,1-3,9-14H2,(H2,22,25)(H,23,26). The quantitative estimate of drug-likeness (QED) is 0.710. The maximum atomic E-state index is 12.7. The van der Waals surface area contributed by atoms with Gasteiger partial charge in [0.05, 0.1) is 11.8 Å². The van der Waals surface area contributed by atoms with E-state index in [2.05, 4.69) is 10.2 Å². The molecule has 1 saturated carbocycles. The molecule has 2 aliphatic heterocycles. The zero-order valence-corrected chi connectivity index (χ0v) is 17.3. The normalized spacial score (nSPS) is 28.0. The Kier molecular flexibility index (Phi) is 5.42. The van der Waals surface area contributed by atoms with E-state index < -0.39 is 32.9 Å². The van der Waals surface area contributed by atoms with Crippen molar-refractivity contribution in [2.75, 3.05) is 25.4 Å². The lowest BCUT2D eigenvalue weighted by atomic mass is 9.94. The van der Waals surface area contributed by atoms with Crippen LogP contribution in [0.3, 0.4) is 0 Å². The lowest BCUT2D eigenvalue weighted by Gasteiger charge is -2.29. The van der Waals surface area contributed by atoms with Gasteiger partial charge in [0, 0.05) is 17.5 Å². The Balaban J connectivity index is 1.44. The third-order valence-electron chi connectivity index (χ3n) is 6.45. The highest BCUT2D eigenvalue weighted by Gasteiger charge is 2.46. The number of likely N-dealkylation sites (tertiary alicyclic amines) is 1. The van der Waals surface area contributed by atoms with Crippen LogP contribution >= 0.6 is 0 Å². The molecular weight excluding hydrogens is 390 g/mol. The molecule has 2 saturated heterocycles. The van der Waals surface area contributed by atoms with Gasteiger partial charge in [-0.1, -0.05) is 12.1 Å². The van der Waals surface area contributed by atoms with E-state index in [1.165, 1.54) is 44.3 Å². The summed E-state index contributed by atoms with van der Waals surface area (Å²) in [6.45, 7) is 3.42. The number of nitrogens with zero attached hydrogens (tertiary/aromatic N) is 1. The van der Waals surface area contributed by atoms with E-state index in [0.717, 1.165) is 6.54 Å². The molecule has 1 aromatic rings. The third-order valence-corrected chi connectivity index (χ3v) is 8.56. The van der Waals surface area contributed by atoms with Gasteiger partial charge >= 0.3 is 0 Å². The molecule has 2 amide bonds. The number of nitrogens with one attached hydrogen (secondary N) is 1. The Morgan fingerprint density at radius 2 is 1.79 bits per heavy atom. The Hall–Kier alpha value is -1.93. The van der Waals surface area contributed by atoms with E-state index in [9.17, 15) is 18.0 Å². The summed E-state index contributed by atoms with van der Waals surface area (Å²) < 4.78 is 24.4. The van der Waals surface area contributed by atoms with Crippen LogP contribution in [0.4, 0.5) is 0 Å². The first-order chi connectivity index (χ1) is 13.8. The fraction of sp³-hybridized carbons (Fsp3) is 0.571. The van der Waals surface area contributed by atoms with E-state index >= 15 is 0 Å². The van der Waals surface area contributed by atoms with Crippen molar-refractivity contribution in [3.8, 4) is 0 Å². The van der Waals surface area contributed by atoms with Crippen molar-refractivity contribution in [3.63, 3.8) is 0 Å². The molecular formula is C21H28N3O4S. The zero-order valence-electron chi connectivity index (χ0n) is 16.5. The van der Waals surface area contributed by atoms with Gasteiger partial charge in [-0.05, 0) is 69.3 Å². The SMILES string of the molecule is NC(=O)C1C(NC(=O)c2ccc(C3(CN4CCCC4)CC3)cc2)[CH]CCS1(=O)=O. The number of sulfone groups is 1. The summed E-state index contributed by atoms with van der Waals surface area (Å²) in [7, 11) is -3.65. The Bertz CT molecular complexity index is 887. The van der Waals surface area contributed by atoms with Gasteiger partial charge in [-0.15, -0.1) is 0 Å². The van der Waals surface area contributed by atoms with Crippen molar-refractivity contribution in [2.24, 2.45) is 5.73 Å². The first kappa shape index (κ1) is 20.3. The molecule has 8 heteroatoms. The Morgan fingerprint density at radius 1 is 1.14 bits per heavy atom. The van der Waals surface area contributed by atoms with E-state index in [1.54, 1.807) is 18.6 Å². The van der Waals surface area contributed by atoms with Gasteiger partial charge in [0.2, 0.25) is 5.91 Å². The van der Waals surface area contributed by atoms with Crippen LogP contribution in [0.5, 0.6) is 0 Å². The lowest BCUT2D eigenvalue weighted by Crippen LogP contribution is -2.56. The molecule has 1 aromatic carbocycles. The second kappa shape index (κ2) is 7.72. The minimum absolute atomic E-state index is 0.124.